The molecule has 0 bridgehead atoms. The number of anilines is 1. The van der Waals surface area contributed by atoms with E-state index in [2.05, 4.69) is 113 Å². The van der Waals surface area contributed by atoms with Gasteiger partial charge in [0.25, 0.3) is 0 Å². The Morgan fingerprint density at radius 2 is 0.977 bits per heavy atom. The Hall–Kier alpha value is -8.07. The molecule has 10 aromatic rings. The lowest BCUT2D eigenvalue weighted by Crippen LogP contribution is -2.27. The molecule has 0 unspecified atom stereocenters. The van der Waals surface area contributed by atoms with Crippen LogP contribution in [0.3, 0.4) is 0 Å². The number of hydrogen-bond acceptors (Lipinski definition) is 7. The second-order valence-electron chi connectivity index (χ2n) is 23.7. The van der Waals surface area contributed by atoms with Crippen molar-refractivity contribution in [1.82, 2.24) is 24.5 Å². The summed E-state index contributed by atoms with van der Waals surface area (Å²) in [4.78, 5) is 18.6. The number of nitrogens with zero attached hydrogens (tertiary/aromatic N) is 6. The van der Waals surface area contributed by atoms with Crippen LogP contribution in [0.4, 0.5) is 23.5 Å². The maximum Gasteiger partial charge on any atom is 0.239 e. The molecule has 87 heavy (non-hydrogen) atoms. The maximum atomic E-state index is 13.3. The Bertz CT molecular complexity index is 4140. The van der Waals surface area contributed by atoms with E-state index in [1.807, 2.05) is 69.3 Å². The van der Waals surface area contributed by atoms with E-state index in [1.54, 1.807) is 12.1 Å². The molecule has 0 radical (unpaired) electrons. The summed E-state index contributed by atoms with van der Waals surface area (Å²) in [6, 6.07) is 43.1. The van der Waals surface area contributed by atoms with Gasteiger partial charge < -0.3 is 9.67 Å². The Balaban J connectivity index is 0.000000151. The summed E-state index contributed by atoms with van der Waals surface area (Å²) in [5.74, 6) is 0.439. The second-order valence-corrected chi connectivity index (χ2v) is 25.7. The topological polar surface area (TPSA) is 114 Å². The number of pyridine rings is 2. The molecule has 1 N–H and O–H groups in total. The number of fused-ring (bicyclic) bond motifs is 2. The predicted octanol–water partition coefficient (Wildman–Crippen LogP) is 18.7. The number of benzene rings is 6. The summed E-state index contributed by atoms with van der Waals surface area (Å²) in [7, 11) is -2.05. The Kier molecular flexibility index (Phi) is 20.7. The molecule has 9 nitrogen and oxygen atoms in total. The van der Waals surface area contributed by atoms with Gasteiger partial charge in [-0.05, 0) is 201 Å². The molecule has 0 saturated heterocycles. The van der Waals surface area contributed by atoms with Gasteiger partial charge in [0, 0.05) is 75.8 Å². The summed E-state index contributed by atoms with van der Waals surface area (Å²) in [6.07, 6.45) is 4.12. The number of halogens is 4. The van der Waals surface area contributed by atoms with Crippen LogP contribution in [0.15, 0.2) is 146 Å². The van der Waals surface area contributed by atoms with E-state index >= 15 is 0 Å². The van der Waals surface area contributed by atoms with Crippen molar-refractivity contribution in [3.63, 3.8) is 0 Å². The Morgan fingerprint density at radius 3 is 1.45 bits per heavy atom. The number of aromatic nitrogens is 5. The quantitative estimate of drug-likeness (QED) is 0.114. The molecule has 0 atom stereocenters. The van der Waals surface area contributed by atoms with E-state index in [-0.39, 0.29) is 47.7 Å². The van der Waals surface area contributed by atoms with E-state index in [0.717, 1.165) is 83.1 Å². The van der Waals surface area contributed by atoms with Gasteiger partial charge in [-0.25, -0.2) is 40.3 Å². The first-order valence-electron chi connectivity index (χ1n) is 29.8. The summed E-state index contributed by atoms with van der Waals surface area (Å²) in [5, 5.41) is 11.9. The molecule has 6 aromatic carbocycles. The largest absolute Gasteiger partial charge is 0.396 e. The number of para-hydroxylation sites is 2. The molecular formula is C73H80F4N6O3S. The second kappa shape index (κ2) is 27.7. The monoisotopic (exact) mass is 1200 g/mol. The SMILES string of the molecule is Cc1c(-c2ccc(F)cc2)c2ccccc2n1C(C)C.Cc1c(-c2ccc(F)cc2)nc(N(C)S(C)(=O)=O)nc1C(C)C.Cc1c(C(C)C)nc(C(C)C)c(CCO)c1-c1ccc(F)cc1.Cc1c(C2CC2)nc2ccccc2c1-c1ccc(F)cc1. The number of rotatable bonds is 13. The highest BCUT2D eigenvalue weighted by Crippen LogP contribution is 2.45. The normalized spacial score (nSPS) is 12.3. The molecule has 1 aliphatic rings. The lowest BCUT2D eigenvalue weighted by atomic mass is 9.86. The Labute approximate surface area is 511 Å². The predicted molar refractivity (Wildman–Crippen MR) is 349 cm³/mol. The zero-order valence-corrected chi connectivity index (χ0v) is 53.3. The molecule has 4 aromatic heterocycles. The van der Waals surface area contributed by atoms with Gasteiger partial charge in [-0.15, -0.1) is 0 Å². The minimum absolute atomic E-state index is 0.0794. The van der Waals surface area contributed by atoms with Crippen LogP contribution in [0.5, 0.6) is 0 Å². The van der Waals surface area contributed by atoms with Crippen LogP contribution in [0.25, 0.3) is 66.4 Å². The van der Waals surface area contributed by atoms with Gasteiger partial charge in [-0.3, -0.25) is 9.97 Å². The smallest absolute Gasteiger partial charge is 0.239 e. The van der Waals surface area contributed by atoms with E-state index in [4.69, 9.17) is 9.97 Å². The summed E-state index contributed by atoms with van der Waals surface area (Å²) < 4.78 is 79.8. The standard InChI is InChI=1S/C20H26FNO.C19H16FN.C18H18FN.C16H20FN3O2S/c1-12(2)19-14(5)18(15-6-8-16(21)9-7-15)17(10-11-23)20(22-19)13(3)4;1-12-18(13-8-10-15(20)11-9-13)16-4-2-3-5-17(16)21-19(12)14-6-7-14;1-12(2)20-13(3)18(14-8-10-15(19)11-9-14)16-6-4-5-7-17(16)20;1-10(2)14-11(3)15(12-6-8-13(17)9-7-12)19-16(18-14)20(4)23(5,21)22/h6-9,12-13,23H,10-11H2,1-5H3;2-5,8-11,14H,6-7H2,1H3;4-12H,1-3H3;6-10H,1-5H3. The van der Waals surface area contributed by atoms with Crippen molar-refractivity contribution < 1.29 is 31.1 Å². The molecule has 4 heterocycles. The third kappa shape index (κ3) is 14.9. The summed E-state index contributed by atoms with van der Waals surface area (Å²) in [6.45, 7) is 25.2. The highest BCUT2D eigenvalue weighted by Gasteiger charge is 2.29. The van der Waals surface area contributed by atoms with Crippen LogP contribution in [0.1, 0.15) is 149 Å². The molecule has 0 amide bonds. The van der Waals surface area contributed by atoms with Crippen molar-refractivity contribution in [2.24, 2.45) is 0 Å². The molecule has 0 spiro atoms. The molecule has 1 saturated carbocycles. The Morgan fingerprint density at radius 1 is 0.529 bits per heavy atom. The van der Waals surface area contributed by atoms with Crippen molar-refractivity contribution in [3.05, 3.63) is 220 Å². The van der Waals surface area contributed by atoms with Crippen molar-refractivity contribution >= 4 is 37.8 Å². The lowest BCUT2D eigenvalue weighted by molar-refractivity contribution is 0.299. The summed E-state index contributed by atoms with van der Waals surface area (Å²) >= 11 is 0. The van der Waals surface area contributed by atoms with Crippen LogP contribution in [-0.2, 0) is 16.4 Å². The van der Waals surface area contributed by atoms with Gasteiger partial charge in [0.1, 0.15) is 23.3 Å². The van der Waals surface area contributed by atoms with Crippen LogP contribution in [0, 0.1) is 51.0 Å². The molecule has 11 rings (SSSR count). The molecule has 1 fully saturated rings. The first-order valence-corrected chi connectivity index (χ1v) is 31.6. The summed E-state index contributed by atoms with van der Waals surface area (Å²) in [5.41, 5.74) is 19.8. The number of sulfonamides is 1. The molecule has 0 aliphatic heterocycles. The van der Waals surface area contributed by atoms with Crippen molar-refractivity contribution in [2.45, 2.75) is 132 Å². The van der Waals surface area contributed by atoms with E-state index in [0.29, 0.717) is 30.0 Å². The van der Waals surface area contributed by atoms with Gasteiger partial charge in [-0.2, -0.15) is 0 Å². The van der Waals surface area contributed by atoms with E-state index < -0.39 is 10.0 Å². The van der Waals surface area contributed by atoms with Gasteiger partial charge in [0.05, 0.1) is 23.2 Å². The van der Waals surface area contributed by atoms with Crippen LogP contribution < -0.4 is 4.31 Å². The average molecular weight is 1200 g/mol. The zero-order valence-electron chi connectivity index (χ0n) is 52.4. The third-order valence-electron chi connectivity index (χ3n) is 15.9. The molecule has 1 aliphatic carbocycles. The van der Waals surface area contributed by atoms with Gasteiger partial charge in [0.2, 0.25) is 16.0 Å². The highest BCUT2D eigenvalue weighted by atomic mass is 32.2. The van der Waals surface area contributed by atoms with Crippen LogP contribution in [-0.4, -0.2) is 57.9 Å². The van der Waals surface area contributed by atoms with E-state index in [1.165, 1.54) is 107 Å². The van der Waals surface area contributed by atoms with Gasteiger partial charge in [-0.1, -0.05) is 114 Å². The first kappa shape index (κ1) is 64.9. The minimum Gasteiger partial charge on any atom is -0.396 e. The van der Waals surface area contributed by atoms with Crippen molar-refractivity contribution in [3.8, 4) is 44.6 Å². The first-order chi connectivity index (χ1) is 41.3. The maximum absolute atomic E-state index is 13.3. The van der Waals surface area contributed by atoms with Crippen molar-refractivity contribution in [1.29, 1.82) is 0 Å². The fraction of sp³-hybridized carbons (Fsp3) is 0.315. The zero-order chi connectivity index (χ0) is 63.2. The average Bonchev–Trinajstić information content (AvgIpc) is 3.94. The fourth-order valence-electron chi connectivity index (χ4n) is 11.5. The number of aliphatic hydroxyl groups is 1. The van der Waals surface area contributed by atoms with Gasteiger partial charge in [0.15, 0.2) is 0 Å². The molecule has 14 heteroatoms. The third-order valence-corrected chi connectivity index (χ3v) is 17.0. The number of aliphatic hydroxyl groups excluding tert-OH is 1. The van der Waals surface area contributed by atoms with Crippen LogP contribution >= 0.6 is 0 Å². The van der Waals surface area contributed by atoms with E-state index in [9.17, 15) is 31.1 Å². The van der Waals surface area contributed by atoms with Gasteiger partial charge >= 0.3 is 0 Å². The fourth-order valence-corrected chi connectivity index (χ4v) is 11.9. The molecular weight excluding hydrogens is 1120 g/mol. The highest BCUT2D eigenvalue weighted by molar-refractivity contribution is 7.92. The minimum atomic E-state index is -3.47. The lowest BCUT2D eigenvalue weighted by Gasteiger charge is -2.23. The van der Waals surface area contributed by atoms with Crippen molar-refractivity contribution in [2.75, 3.05) is 24.2 Å². The molecule has 454 valence electrons. The van der Waals surface area contributed by atoms with Crippen LogP contribution in [0.2, 0.25) is 0 Å². The number of hydrogen-bond donors (Lipinski definition) is 1.